The molecule has 1 aromatic rings. The zero-order chi connectivity index (χ0) is 16.8. The normalized spacial score (nSPS) is 16.1. The van der Waals surface area contributed by atoms with Crippen molar-refractivity contribution in [2.45, 2.75) is 19.9 Å². The maximum absolute atomic E-state index is 12.7. The Morgan fingerprint density at radius 3 is 2.57 bits per heavy atom. The number of nitrogens with zero attached hydrogens (tertiary/aromatic N) is 1. The van der Waals surface area contributed by atoms with Crippen molar-refractivity contribution in [3.63, 3.8) is 0 Å². The van der Waals surface area contributed by atoms with Gasteiger partial charge in [-0.15, -0.1) is 0 Å². The number of carbonyl (C=O) groups excluding carboxylic acids is 2. The van der Waals surface area contributed by atoms with Gasteiger partial charge in [-0.1, -0.05) is 19.9 Å². The van der Waals surface area contributed by atoms with Crippen LogP contribution in [0.15, 0.2) is 24.3 Å². The van der Waals surface area contributed by atoms with E-state index in [1.807, 2.05) is 13.8 Å². The Balaban J connectivity index is 2.08. The standard InChI is InChI=1S/C17H24N2O4/c1-12(2)15(17(21)19-7-9-23-10-8-19)18-16(20)13-5-4-6-14(11-13)22-3/h4-6,11-12,15H,7-10H2,1-3H3,(H,18,20)/t15-/m1/s1. The zero-order valence-corrected chi connectivity index (χ0v) is 13.9. The minimum Gasteiger partial charge on any atom is -0.497 e. The van der Waals surface area contributed by atoms with Crippen molar-refractivity contribution in [1.29, 1.82) is 0 Å². The van der Waals surface area contributed by atoms with Gasteiger partial charge >= 0.3 is 0 Å². The molecule has 0 spiro atoms. The lowest BCUT2D eigenvalue weighted by molar-refractivity contribution is -0.138. The molecule has 1 fully saturated rings. The minimum atomic E-state index is -0.549. The van der Waals surface area contributed by atoms with Crippen LogP contribution in [0.3, 0.4) is 0 Å². The van der Waals surface area contributed by atoms with E-state index in [4.69, 9.17) is 9.47 Å². The third-order valence-corrected chi connectivity index (χ3v) is 3.87. The van der Waals surface area contributed by atoms with Crippen molar-refractivity contribution < 1.29 is 19.1 Å². The Hall–Kier alpha value is -2.08. The van der Waals surface area contributed by atoms with E-state index in [9.17, 15) is 9.59 Å². The average Bonchev–Trinajstić information content (AvgIpc) is 2.59. The number of rotatable bonds is 5. The van der Waals surface area contributed by atoms with Crippen molar-refractivity contribution >= 4 is 11.8 Å². The number of methoxy groups -OCH3 is 1. The van der Waals surface area contributed by atoms with Crippen LogP contribution in [0.25, 0.3) is 0 Å². The highest BCUT2D eigenvalue weighted by molar-refractivity contribution is 5.97. The smallest absolute Gasteiger partial charge is 0.252 e. The third kappa shape index (κ3) is 4.45. The van der Waals surface area contributed by atoms with Crippen LogP contribution < -0.4 is 10.1 Å². The van der Waals surface area contributed by atoms with Crippen molar-refractivity contribution in [3.05, 3.63) is 29.8 Å². The molecule has 0 aliphatic carbocycles. The molecule has 2 rings (SSSR count). The molecule has 6 nitrogen and oxygen atoms in total. The number of amides is 2. The predicted octanol–water partition coefficient (Wildman–Crippen LogP) is 1.31. The predicted molar refractivity (Wildman–Crippen MR) is 86.5 cm³/mol. The van der Waals surface area contributed by atoms with Gasteiger partial charge in [-0.2, -0.15) is 0 Å². The fourth-order valence-electron chi connectivity index (χ4n) is 2.48. The summed E-state index contributed by atoms with van der Waals surface area (Å²) >= 11 is 0. The molecule has 1 heterocycles. The second-order valence-corrected chi connectivity index (χ2v) is 5.86. The first-order valence-electron chi connectivity index (χ1n) is 7.84. The fraction of sp³-hybridized carbons (Fsp3) is 0.529. The molecule has 1 N–H and O–H groups in total. The maximum Gasteiger partial charge on any atom is 0.252 e. The molecule has 0 aromatic heterocycles. The van der Waals surface area contributed by atoms with Gasteiger partial charge in [0.2, 0.25) is 5.91 Å². The topological polar surface area (TPSA) is 67.9 Å². The molecule has 1 aliphatic heterocycles. The van der Waals surface area contributed by atoms with Crippen LogP contribution in [0.2, 0.25) is 0 Å². The Kier molecular flexibility index (Phi) is 5.98. The van der Waals surface area contributed by atoms with E-state index in [1.165, 1.54) is 0 Å². The van der Waals surface area contributed by atoms with E-state index < -0.39 is 6.04 Å². The summed E-state index contributed by atoms with van der Waals surface area (Å²) in [5.41, 5.74) is 0.477. The van der Waals surface area contributed by atoms with E-state index in [0.717, 1.165) is 0 Å². The second kappa shape index (κ2) is 7.97. The molecule has 0 unspecified atom stereocenters. The molecule has 0 bridgehead atoms. The van der Waals surface area contributed by atoms with E-state index in [-0.39, 0.29) is 17.7 Å². The molecule has 126 valence electrons. The summed E-state index contributed by atoms with van der Waals surface area (Å²) in [6.45, 7) is 6.07. The summed E-state index contributed by atoms with van der Waals surface area (Å²) in [4.78, 5) is 26.9. The molecule has 0 saturated carbocycles. The van der Waals surface area contributed by atoms with Crippen LogP contribution in [-0.4, -0.2) is 56.2 Å². The SMILES string of the molecule is COc1cccc(C(=O)N[C@@H](C(=O)N2CCOCC2)C(C)C)c1. The van der Waals surface area contributed by atoms with E-state index >= 15 is 0 Å². The number of ether oxygens (including phenoxy) is 2. The summed E-state index contributed by atoms with van der Waals surface area (Å²) in [6.07, 6.45) is 0. The maximum atomic E-state index is 12.7. The lowest BCUT2D eigenvalue weighted by Gasteiger charge is -2.32. The fourth-order valence-corrected chi connectivity index (χ4v) is 2.48. The molecule has 23 heavy (non-hydrogen) atoms. The molecular formula is C17H24N2O4. The van der Waals surface area contributed by atoms with E-state index in [2.05, 4.69) is 5.32 Å². The molecule has 6 heteroatoms. The largest absolute Gasteiger partial charge is 0.497 e. The number of morpholine rings is 1. The molecule has 1 aliphatic rings. The summed E-state index contributed by atoms with van der Waals surface area (Å²) in [5, 5.41) is 2.85. The Morgan fingerprint density at radius 1 is 1.26 bits per heavy atom. The van der Waals surface area contributed by atoms with Crippen molar-refractivity contribution in [2.24, 2.45) is 5.92 Å². The molecule has 1 aromatic carbocycles. The highest BCUT2D eigenvalue weighted by Crippen LogP contribution is 2.14. The first-order chi connectivity index (χ1) is 11.0. The lowest BCUT2D eigenvalue weighted by Crippen LogP contribution is -2.53. The van der Waals surface area contributed by atoms with Gasteiger partial charge in [0, 0.05) is 18.7 Å². The quantitative estimate of drug-likeness (QED) is 0.888. The van der Waals surface area contributed by atoms with Gasteiger partial charge in [-0.05, 0) is 24.1 Å². The van der Waals surface area contributed by atoms with Crippen LogP contribution in [-0.2, 0) is 9.53 Å². The molecule has 1 saturated heterocycles. The van der Waals surface area contributed by atoms with Gasteiger partial charge in [0.05, 0.1) is 20.3 Å². The third-order valence-electron chi connectivity index (χ3n) is 3.87. The van der Waals surface area contributed by atoms with Crippen molar-refractivity contribution in [1.82, 2.24) is 10.2 Å². The first-order valence-corrected chi connectivity index (χ1v) is 7.84. The molecular weight excluding hydrogens is 296 g/mol. The summed E-state index contributed by atoms with van der Waals surface area (Å²) in [7, 11) is 1.55. The van der Waals surface area contributed by atoms with Gasteiger partial charge in [-0.25, -0.2) is 0 Å². The van der Waals surface area contributed by atoms with Gasteiger partial charge in [0.1, 0.15) is 11.8 Å². The summed E-state index contributed by atoms with van der Waals surface area (Å²) in [5.74, 6) is 0.280. The first kappa shape index (κ1) is 17.3. The van der Waals surface area contributed by atoms with Gasteiger partial charge in [0.15, 0.2) is 0 Å². The van der Waals surface area contributed by atoms with Crippen LogP contribution in [0.1, 0.15) is 24.2 Å². The number of carbonyl (C=O) groups is 2. The lowest BCUT2D eigenvalue weighted by atomic mass is 10.0. The molecule has 0 radical (unpaired) electrons. The van der Waals surface area contributed by atoms with Crippen LogP contribution in [0.4, 0.5) is 0 Å². The molecule has 2 amide bonds. The zero-order valence-electron chi connectivity index (χ0n) is 13.9. The number of nitrogens with one attached hydrogen (secondary N) is 1. The highest BCUT2D eigenvalue weighted by atomic mass is 16.5. The number of hydrogen-bond acceptors (Lipinski definition) is 4. The average molecular weight is 320 g/mol. The van der Waals surface area contributed by atoms with Crippen LogP contribution in [0, 0.1) is 5.92 Å². The van der Waals surface area contributed by atoms with Crippen LogP contribution in [0.5, 0.6) is 5.75 Å². The van der Waals surface area contributed by atoms with Gasteiger partial charge < -0.3 is 19.7 Å². The monoisotopic (exact) mass is 320 g/mol. The van der Waals surface area contributed by atoms with Gasteiger partial charge in [0.25, 0.3) is 5.91 Å². The van der Waals surface area contributed by atoms with Gasteiger partial charge in [-0.3, -0.25) is 9.59 Å². The Bertz CT molecular complexity index is 553. The Labute approximate surface area is 136 Å². The molecule has 1 atom stereocenters. The van der Waals surface area contributed by atoms with E-state index in [0.29, 0.717) is 37.6 Å². The van der Waals surface area contributed by atoms with Crippen molar-refractivity contribution in [3.8, 4) is 5.75 Å². The Morgan fingerprint density at radius 2 is 1.96 bits per heavy atom. The summed E-state index contributed by atoms with van der Waals surface area (Å²) in [6, 6.07) is 6.34. The number of hydrogen-bond donors (Lipinski definition) is 1. The highest BCUT2D eigenvalue weighted by Gasteiger charge is 2.29. The van der Waals surface area contributed by atoms with Crippen molar-refractivity contribution in [2.75, 3.05) is 33.4 Å². The summed E-state index contributed by atoms with van der Waals surface area (Å²) < 4.78 is 10.4. The minimum absolute atomic E-state index is 0.0000901. The van der Waals surface area contributed by atoms with Crippen LogP contribution >= 0.6 is 0 Å². The van der Waals surface area contributed by atoms with E-state index in [1.54, 1.807) is 36.3 Å². The number of benzene rings is 1. The second-order valence-electron chi connectivity index (χ2n) is 5.86.